The van der Waals surface area contributed by atoms with Crippen molar-refractivity contribution in [2.24, 2.45) is 17.8 Å². The fraction of sp³-hybridized carbons (Fsp3) is 0.690. The molecule has 0 amide bonds. The Balaban J connectivity index is 1.59. The SMILES string of the molecule is CCC(Oc1ccccc1C(C)=O)C(=O)O[C@H]1C[C@H](O[Si](C)(C)C(C)(C)C)C=C2C=C[C@H](C)[C@H](CC[C@@H]3C[C@@H](O[Si](C)(C)C(C)(C)C)CC(=O)O3)[C@H]21. The van der Waals surface area contributed by atoms with E-state index in [4.69, 9.17) is 23.1 Å². The minimum atomic E-state index is -2.15. The van der Waals surface area contributed by atoms with Gasteiger partial charge in [0, 0.05) is 18.8 Å². The van der Waals surface area contributed by atoms with Crippen LogP contribution in [0.15, 0.2) is 48.1 Å². The van der Waals surface area contributed by atoms with E-state index in [2.05, 4.69) is 92.9 Å². The lowest BCUT2D eigenvalue weighted by atomic mass is 9.66. The van der Waals surface area contributed by atoms with Crippen LogP contribution in [0.25, 0.3) is 0 Å². The zero-order chi connectivity index (χ0) is 38.8. The summed E-state index contributed by atoms with van der Waals surface area (Å²) in [6.07, 6.45) is 8.28. The van der Waals surface area contributed by atoms with E-state index >= 15 is 0 Å². The number of hydrogen-bond acceptors (Lipinski definition) is 8. The summed E-state index contributed by atoms with van der Waals surface area (Å²) in [5.41, 5.74) is 1.57. The van der Waals surface area contributed by atoms with Crippen LogP contribution in [0.3, 0.4) is 0 Å². The van der Waals surface area contributed by atoms with E-state index in [1.54, 1.807) is 24.3 Å². The molecule has 1 heterocycles. The molecule has 0 aromatic heterocycles. The Morgan fingerprint density at radius 3 is 2.19 bits per heavy atom. The number of ketones is 1. The lowest BCUT2D eigenvalue weighted by Gasteiger charge is -2.46. The smallest absolute Gasteiger partial charge is 0.347 e. The number of fused-ring (bicyclic) bond motifs is 1. The van der Waals surface area contributed by atoms with E-state index in [9.17, 15) is 14.4 Å². The second-order valence-corrected chi connectivity index (χ2v) is 27.9. The van der Waals surface area contributed by atoms with Crippen LogP contribution in [0.1, 0.15) is 111 Å². The van der Waals surface area contributed by atoms with Crippen molar-refractivity contribution in [2.75, 3.05) is 0 Å². The summed E-state index contributed by atoms with van der Waals surface area (Å²) >= 11 is 0. The third-order valence-electron chi connectivity index (χ3n) is 12.4. The monoisotopic (exact) mass is 754 g/mol. The molecule has 8 atom stereocenters. The Morgan fingerprint density at radius 2 is 1.58 bits per heavy atom. The highest BCUT2D eigenvalue weighted by Gasteiger charge is 2.47. The van der Waals surface area contributed by atoms with Crippen molar-refractivity contribution in [2.45, 2.75) is 168 Å². The molecule has 0 saturated carbocycles. The third-order valence-corrected chi connectivity index (χ3v) is 21.4. The predicted octanol–water partition coefficient (Wildman–Crippen LogP) is 9.99. The van der Waals surface area contributed by atoms with Gasteiger partial charge in [0.05, 0.1) is 24.2 Å². The Labute approximate surface area is 315 Å². The molecule has 4 rings (SSSR count). The molecule has 1 fully saturated rings. The number of cyclic esters (lactones) is 1. The summed E-state index contributed by atoms with van der Waals surface area (Å²) in [7, 11) is -4.21. The van der Waals surface area contributed by atoms with Gasteiger partial charge in [-0.3, -0.25) is 9.59 Å². The largest absolute Gasteiger partial charge is 0.478 e. The maximum absolute atomic E-state index is 14.0. The molecule has 0 spiro atoms. The second-order valence-electron chi connectivity index (χ2n) is 18.4. The van der Waals surface area contributed by atoms with Gasteiger partial charge < -0.3 is 23.1 Å². The first-order valence-corrected chi connectivity index (χ1v) is 25.3. The van der Waals surface area contributed by atoms with Crippen LogP contribution in [0.2, 0.25) is 36.3 Å². The lowest BCUT2D eigenvalue weighted by Crippen LogP contribution is -2.49. The molecule has 10 heteroatoms. The van der Waals surface area contributed by atoms with Crippen LogP contribution < -0.4 is 4.74 Å². The average molecular weight is 755 g/mol. The van der Waals surface area contributed by atoms with Crippen molar-refractivity contribution >= 4 is 34.4 Å². The highest BCUT2D eigenvalue weighted by atomic mass is 28.4. The van der Waals surface area contributed by atoms with Gasteiger partial charge in [-0.1, -0.05) is 85.8 Å². The summed E-state index contributed by atoms with van der Waals surface area (Å²) < 4.78 is 32.3. The van der Waals surface area contributed by atoms with Crippen LogP contribution in [-0.2, 0) is 27.9 Å². The first-order chi connectivity index (χ1) is 24.0. The van der Waals surface area contributed by atoms with Crippen molar-refractivity contribution in [3.63, 3.8) is 0 Å². The molecule has 0 radical (unpaired) electrons. The molecule has 0 bridgehead atoms. The Hall–Kier alpha value is -2.54. The van der Waals surface area contributed by atoms with Crippen molar-refractivity contribution in [1.29, 1.82) is 0 Å². The van der Waals surface area contributed by atoms with Crippen LogP contribution in [0.4, 0.5) is 0 Å². The zero-order valence-corrected chi connectivity index (χ0v) is 36.2. The molecular formula is C42H66O8Si2. The van der Waals surface area contributed by atoms with E-state index in [-0.39, 0.29) is 57.9 Å². The number of carbonyl (C=O) groups is 3. The van der Waals surface area contributed by atoms with E-state index in [0.717, 1.165) is 12.0 Å². The molecule has 1 aromatic carbocycles. The van der Waals surface area contributed by atoms with E-state index in [0.29, 0.717) is 43.4 Å². The molecular weight excluding hydrogens is 689 g/mol. The quantitative estimate of drug-likeness (QED) is 0.112. The van der Waals surface area contributed by atoms with Gasteiger partial charge in [-0.25, -0.2) is 4.79 Å². The number of ether oxygens (including phenoxy) is 3. The maximum Gasteiger partial charge on any atom is 0.347 e. The van der Waals surface area contributed by atoms with Crippen LogP contribution in [-0.4, -0.2) is 64.9 Å². The molecule has 8 nitrogen and oxygen atoms in total. The summed E-state index contributed by atoms with van der Waals surface area (Å²) in [5.74, 6) is -0.0481. The molecule has 290 valence electrons. The molecule has 1 aromatic rings. The number of para-hydroxylation sites is 1. The average Bonchev–Trinajstić information content (AvgIpc) is 3.01. The molecule has 1 aliphatic heterocycles. The minimum Gasteiger partial charge on any atom is -0.478 e. The highest BCUT2D eigenvalue weighted by Crippen LogP contribution is 2.47. The van der Waals surface area contributed by atoms with Gasteiger partial charge in [0.15, 0.2) is 28.5 Å². The van der Waals surface area contributed by atoms with Gasteiger partial charge in [0.1, 0.15) is 18.0 Å². The number of Topliss-reactive ketones (excluding diaryl/α,β-unsaturated/α-hetero) is 1. The fourth-order valence-electron chi connectivity index (χ4n) is 7.23. The van der Waals surface area contributed by atoms with Crippen molar-refractivity contribution in [3.8, 4) is 5.75 Å². The fourth-order valence-corrected chi connectivity index (χ4v) is 9.87. The number of rotatable bonds is 13. The highest BCUT2D eigenvalue weighted by molar-refractivity contribution is 6.74. The standard InChI is InChI=1S/C42H66O8Si2/c1-14-35(47-36-18-16-15-17-34(36)28(3)43)40(45)48-37-25-31(49-51(10,11)41(4,5)6)23-29-20-19-27(2)33(39(29)37)22-21-30-24-32(26-38(44)46-30)50-52(12,13)42(7,8)9/h15-20,23,27,30-33,35,37,39H,14,21-22,24-26H2,1-13H3/t27-,30+,31+,32+,33-,35?,37-,39-/m0/s1. The van der Waals surface area contributed by atoms with E-state index in [1.807, 2.05) is 6.92 Å². The van der Waals surface area contributed by atoms with Crippen LogP contribution >= 0.6 is 0 Å². The number of allylic oxidation sites excluding steroid dienone is 2. The first-order valence-electron chi connectivity index (χ1n) is 19.4. The lowest BCUT2D eigenvalue weighted by molar-refractivity contribution is -0.164. The number of carbonyl (C=O) groups excluding carboxylic acids is 3. The van der Waals surface area contributed by atoms with Gasteiger partial charge in [-0.05, 0) is 92.0 Å². The topological polar surface area (TPSA) is 97.4 Å². The van der Waals surface area contributed by atoms with Gasteiger partial charge in [0.2, 0.25) is 0 Å². The van der Waals surface area contributed by atoms with Crippen LogP contribution in [0, 0.1) is 17.8 Å². The van der Waals surface area contributed by atoms with Gasteiger partial charge in [0.25, 0.3) is 0 Å². The molecule has 3 aliphatic rings. The van der Waals surface area contributed by atoms with Crippen LogP contribution in [0.5, 0.6) is 5.75 Å². The molecule has 2 aliphatic carbocycles. The predicted molar refractivity (Wildman–Crippen MR) is 212 cm³/mol. The maximum atomic E-state index is 14.0. The molecule has 1 unspecified atom stereocenters. The van der Waals surface area contributed by atoms with Crippen molar-refractivity contribution in [1.82, 2.24) is 0 Å². The summed E-state index contributed by atoms with van der Waals surface area (Å²) in [4.78, 5) is 39.2. The van der Waals surface area contributed by atoms with E-state index in [1.165, 1.54) is 6.92 Å². The first kappa shape index (κ1) is 42.2. The Morgan fingerprint density at radius 1 is 0.942 bits per heavy atom. The summed E-state index contributed by atoms with van der Waals surface area (Å²) in [6.45, 7) is 27.9. The minimum absolute atomic E-state index is 0.0167. The van der Waals surface area contributed by atoms with Gasteiger partial charge >= 0.3 is 11.9 Å². The number of esters is 2. The van der Waals surface area contributed by atoms with E-state index < -0.39 is 34.8 Å². The Bertz CT molecular complexity index is 1500. The summed E-state index contributed by atoms with van der Waals surface area (Å²) in [6, 6.07) is 7.02. The molecule has 52 heavy (non-hydrogen) atoms. The van der Waals surface area contributed by atoms with Crippen molar-refractivity contribution in [3.05, 3.63) is 53.6 Å². The normalized spacial score (nSPS) is 27.6. The Kier molecular flexibility index (Phi) is 13.4. The molecule has 0 N–H and O–H groups in total. The van der Waals surface area contributed by atoms with Crippen molar-refractivity contribution < 1.29 is 37.4 Å². The zero-order valence-electron chi connectivity index (χ0n) is 34.2. The third kappa shape index (κ3) is 10.2. The summed E-state index contributed by atoms with van der Waals surface area (Å²) in [5, 5.41) is 0.0670. The molecule has 1 saturated heterocycles. The number of hydrogen-bond donors (Lipinski definition) is 0. The number of benzene rings is 1. The van der Waals surface area contributed by atoms with Gasteiger partial charge in [-0.2, -0.15) is 0 Å². The second kappa shape index (κ2) is 16.5. The van der Waals surface area contributed by atoms with Gasteiger partial charge in [-0.15, -0.1) is 0 Å².